The van der Waals surface area contributed by atoms with E-state index in [-0.39, 0.29) is 17.2 Å². The summed E-state index contributed by atoms with van der Waals surface area (Å²) in [6, 6.07) is 0. The van der Waals surface area contributed by atoms with Crippen molar-refractivity contribution in [3.63, 3.8) is 0 Å². The Bertz CT molecular complexity index is 515. The van der Waals surface area contributed by atoms with E-state index in [0.717, 1.165) is 11.4 Å². The molecular weight excluding hydrogens is 258 g/mol. The summed E-state index contributed by atoms with van der Waals surface area (Å²) in [4.78, 5) is 12.3. The third kappa shape index (κ3) is 2.86. The van der Waals surface area contributed by atoms with Gasteiger partial charge >= 0.3 is 0 Å². The molecule has 4 nitrogen and oxygen atoms in total. The van der Waals surface area contributed by atoms with E-state index in [2.05, 4.69) is 49.3 Å². The lowest BCUT2D eigenvalue weighted by atomic mass is 10.1. The summed E-state index contributed by atoms with van der Waals surface area (Å²) in [6.07, 6.45) is 3.05. The van der Waals surface area contributed by atoms with Crippen molar-refractivity contribution < 1.29 is 4.79 Å². The smallest absolute Gasteiger partial charge is 0.230 e. The van der Waals surface area contributed by atoms with Gasteiger partial charge in [0.25, 0.3) is 0 Å². The minimum absolute atomic E-state index is 0.0383. The number of allylic oxidation sites excluding steroid dienone is 2. The van der Waals surface area contributed by atoms with Crippen LogP contribution in [0.5, 0.6) is 0 Å². The number of aromatic nitrogens is 2. The third-order valence-electron chi connectivity index (χ3n) is 3.71. The van der Waals surface area contributed by atoms with Gasteiger partial charge in [0.1, 0.15) is 5.01 Å². The highest BCUT2D eigenvalue weighted by Crippen LogP contribution is 2.59. The number of hydrogen-bond donors (Lipinski definition) is 1. The van der Waals surface area contributed by atoms with Crippen LogP contribution in [0, 0.1) is 17.3 Å². The van der Waals surface area contributed by atoms with Crippen molar-refractivity contribution in [3.05, 3.63) is 16.7 Å². The van der Waals surface area contributed by atoms with E-state index in [1.54, 1.807) is 0 Å². The van der Waals surface area contributed by atoms with Crippen LogP contribution in [0.25, 0.3) is 0 Å². The molecule has 1 aromatic heterocycles. The molecule has 0 saturated heterocycles. The number of amides is 1. The lowest BCUT2D eigenvalue weighted by Crippen LogP contribution is -2.16. The second-order valence-corrected chi connectivity index (χ2v) is 6.97. The molecule has 1 N–H and O–H groups in total. The van der Waals surface area contributed by atoms with Crippen molar-refractivity contribution >= 4 is 22.4 Å². The van der Waals surface area contributed by atoms with E-state index in [9.17, 15) is 4.79 Å². The number of carbonyl (C=O) groups is 1. The molecule has 0 unspecified atom stereocenters. The summed E-state index contributed by atoms with van der Waals surface area (Å²) in [6.45, 7) is 10.4. The predicted octanol–water partition coefficient (Wildman–Crippen LogP) is 3.28. The number of rotatable bonds is 4. The molecule has 19 heavy (non-hydrogen) atoms. The van der Waals surface area contributed by atoms with E-state index in [0.29, 0.717) is 11.0 Å². The zero-order valence-corrected chi connectivity index (χ0v) is 13.0. The molecule has 1 saturated carbocycles. The second-order valence-electron chi connectivity index (χ2n) is 5.91. The van der Waals surface area contributed by atoms with Crippen LogP contribution < -0.4 is 5.32 Å². The number of nitrogens with one attached hydrogen (secondary N) is 1. The Morgan fingerprint density at radius 1 is 1.42 bits per heavy atom. The molecule has 0 spiro atoms. The summed E-state index contributed by atoms with van der Waals surface area (Å²) in [5.74, 6) is 0.429. The first kappa shape index (κ1) is 14.2. The molecule has 2 atom stereocenters. The number of aryl methyl sites for hydroxylation is 1. The van der Waals surface area contributed by atoms with Gasteiger partial charge in [-0.05, 0) is 31.6 Å². The van der Waals surface area contributed by atoms with Gasteiger partial charge in [0.2, 0.25) is 11.0 Å². The number of anilines is 1. The van der Waals surface area contributed by atoms with Gasteiger partial charge in [0.05, 0.1) is 5.92 Å². The predicted molar refractivity (Wildman–Crippen MR) is 78.1 cm³/mol. The molecule has 1 amide bonds. The van der Waals surface area contributed by atoms with E-state index in [1.807, 2.05) is 6.92 Å². The van der Waals surface area contributed by atoms with Crippen LogP contribution in [0.4, 0.5) is 5.13 Å². The van der Waals surface area contributed by atoms with Crippen LogP contribution in [0.1, 0.15) is 39.6 Å². The highest BCUT2D eigenvalue weighted by Gasteiger charge is 2.60. The zero-order valence-electron chi connectivity index (χ0n) is 12.2. The van der Waals surface area contributed by atoms with E-state index >= 15 is 0 Å². The molecule has 0 aromatic carbocycles. The minimum atomic E-state index is 0.0383. The standard InChI is InChI=1S/C14H21N3OS/c1-6-10-16-17-13(19-10)15-12(18)11-9(7-8(2)3)14(11,4)5/h7,9,11H,6H2,1-5H3,(H,15,17,18)/t9-,11-/m1/s1. The molecule has 2 rings (SSSR count). The first-order valence-electron chi connectivity index (χ1n) is 6.64. The fourth-order valence-electron chi connectivity index (χ4n) is 2.48. The Balaban J connectivity index is 2.03. The van der Waals surface area contributed by atoms with Crippen LogP contribution in [-0.4, -0.2) is 16.1 Å². The monoisotopic (exact) mass is 279 g/mol. The molecule has 0 radical (unpaired) electrons. The van der Waals surface area contributed by atoms with E-state index in [1.165, 1.54) is 16.9 Å². The van der Waals surface area contributed by atoms with Crippen molar-refractivity contribution in [1.82, 2.24) is 10.2 Å². The maximum atomic E-state index is 12.3. The van der Waals surface area contributed by atoms with Crippen LogP contribution in [0.15, 0.2) is 11.6 Å². The van der Waals surface area contributed by atoms with Crippen LogP contribution in [0.3, 0.4) is 0 Å². The molecule has 1 aromatic rings. The van der Waals surface area contributed by atoms with Crippen molar-refractivity contribution in [2.75, 3.05) is 5.32 Å². The van der Waals surface area contributed by atoms with Crippen molar-refractivity contribution in [2.45, 2.75) is 41.0 Å². The lowest BCUT2D eigenvalue weighted by molar-refractivity contribution is -0.118. The molecular formula is C14H21N3OS. The van der Waals surface area contributed by atoms with Gasteiger partial charge in [0.15, 0.2) is 0 Å². The second kappa shape index (κ2) is 5.04. The Hall–Kier alpha value is -1.23. The molecule has 1 aliphatic rings. The fourth-order valence-corrected chi connectivity index (χ4v) is 3.16. The van der Waals surface area contributed by atoms with Crippen molar-refractivity contribution in [3.8, 4) is 0 Å². The summed E-state index contributed by atoms with van der Waals surface area (Å²) < 4.78 is 0. The van der Waals surface area contributed by atoms with E-state index in [4.69, 9.17) is 0 Å². The molecule has 1 heterocycles. The molecule has 1 fully saturated rings. The number of carbonyl (C=O) groups excluding carboxylic acids is 1. The molecule has 0 aliphatic heterocycles. The van der Waals surface area contributed by atoms with Gasteiger partial charge in [0, 0.05) is 0 Å². The Labute approximate surface area is 118 Å². The summed E-state index contributed by atoms with van der Waals surface area (Å²) in [5, 5.41) is 12.5. The van der Waals surface area contributed by atoms with Crippen molar-refractivity contribution in [1.29, 1.82) is 0 Å². The maximum absolute atomic E-state index is 12.3. The minimum Gasteiger partial charge on any atom is -0.300 e. The number of nitrogens with zero attached hydrogens (tertiary/aromatic N) is 2. The van der Waals surface area contributed by atoms with Crippen LogP contribution in [-0.2, 0) is 11.2 Å². The summed E-state index contributed by atoms with van der Waals surface area (Å²) in [5.41, 5.74) is 1.30. The highest BCUT2D eigenvalue weighted by atomic mass is 32.1. The Kier molecular flexibility index (Phi) is 3.76. The van der Waals surface area contributed by atoms with Gasteiger partial charge < -0.3 is 5.32 Å². The molecule has 1 aliphatic carbocycles. The largest absolute Gasteiger partial charge is 0.300 e. The lowest BCUT2D eigenvalue weighted by Gasteiger charge is -2.01. The first-order chi connectivity index (χ1) is 8.86. The first-order valence-corrected chi connectivity index (χ1v) is 7.46. The van der Waals surface area contributed by atoms with Gasteiger partial charge in [-0.3, -0.25) is 4.79 Å². The van der Waals surface area contributed by atoms with Gasteiger partial charge in [-0.1, -0.05) is 43.8 Å². The summed E-state index contributed by atoms with van der Waals surface area (Å²) in [7, 11) is 0. The Morgan fingerprint density at radius 3 is 2.63 bits per heavy atom. The van der Waals surface area contributed by atoms with Gasteiger partial charge in [-0.25, -0.2) is 0 Å². The molecule has 5 heteroatoms. The molecule has 104 valence electrons. The fraction of sp³-hybridized carbons (Fsp3) is 0.643. The van der Waals surface area contributed by atoms with Crippen LogP contribution >= 0.6 is 11.3 Å². The topological polar surface area (TPSA) is 54.9 Å². The van der Waals surface area contributed by atoms with E-state index < -0.39 is 0 Å². The molecule has 0 bridgehead atoms. The number of hydrogen-bond acceptors (Lipinski definition) is 4. The average Bonchev–Trinajstić information content (AvgIpc) is 2.70. The SMILES string of the molecule is CCc1nnc(NC(=O)[C@H]2[C@@H](C=C(C)C)C2(C)C)s1. The van der Waals surface area contributed by atoms with Gasteiger partial charge in [-0.15, -0.1) is 10.2 Å². The van der Waals surface area contributed by atoms with Crippen molar-refractivity contribution in [2.24, 2.45) is 17.3 Å². The zero-order chi connectivity index (χ0) is 14.2. The summed E-state index contributed by atoms with van der Waals surface area (Å²) >= 11 is 1.45. The maximum Gasteiger partial charge on any atom is 0.230 e. The highest BCUT2D eigenvalue weighted by molar-refractivity contribution is 7.15. The van der Waals surface area contributed by atoms with Crippen LogP contribution in [0.2, 0.25) is 0 Å². The Morgan fingerprint density at radius 2 is 2.11 bits per heavy atom. The quantitative estimate of drug-likeness (QED) is 0.861. The third-order valence-corrected chi connectivity index (χ3v) is 4.69. The van der Waals surface area contributed by atoms with Gasteiger partial charge in [-0.2, -0.15) is 0 Å². The normalized spacial score (nSPS) is 23.8. The average molecular weight is 279 g/mol.